The first kappa shape index (κ1) is 16.4. The summed E-state index contributed by atoms with van der Waals surface area (Å²) in [6.45, 7) is 6.89. The van der Waals surface area contributed by atoms with Gasteiger partial charge in [0.25, 0.3) is 0 Å². The van der Waals surface area contributed by atoms with Gasteiger partial charge in [0.2, 0.25) is 0 Å². The van der Waals surface area contributed by atoms with E-state index < -0.39 is 0 Å². The molecule has 0 bridgehead atoms. The molecule has 132 valence electrons. The van der Waals surface area contributed by atoms with Gasteiger partial charge >= 0.3 is 0 Å². The fourth-order valence-electron chi connectivity index (χ4n) is 8.22. The minimum atomic E-state index is -0.377. The number of hydrogen-bond donors (Lipinski definition) is 2. The second kappa shape index (κ2) is 5.46. The Bertz CT molecular complexity index is 461. The average Bonchev–Trinajstić information content (AvgIpc) is 2.77. The van der Waals surface area contributed by atoms with Gasteiger partial charge in [-0.15, -0.1) is 0 Å². The van der Waals surface area contributed by atoms with E-state index in [1.54, 1.807) is 0 Å². The zero-order valence-electron chi connectivity index (χ0n) is 15.3. The molecule has 2 N–H and O–H groups in total. The maximum atomic E-state index is 10.7. The van der Waals surface area contributed by atoms with Crippen molar-refractivity contribution in [1.29, 1.82) is 0 Å². The molecule has 0 aliphatic heterocycles. The molecule has 0 radical (unpaired) electrons. The van der Waals surface area contributed by atoms with E-state index in [9.17, 15) is 10.2 Å². The summed E-state index contributed by atoms with van der Waals surface area (Å²) in [5.41, 5.74) is 0.725. The molecule has 0 unspecified atom stereocenters. The number of aliphatic hydroxyl groups is 2. The lowest BCUT2D eigenvalue weighted by atomic mass is 9.45. The molecule has 0 amide bonds. The third kappa shape index (κ3) is 2.20. The zero-order valence-corrected chi connectivity index (χ0v) is 15.3. The molecule has 23 heavy (non-hydrogen) atoms. The van der Waals surface area contributed by atoms with E-state index >= 15 is 0 Å². The topological polar surface area (TPSA) is 40.5 Å². The first-order valence-corrected chi connectivity index (χ1v) is 10.2. The third-order valence-electron chi connectivity index (χ3n) is 9.21. The van der Waals surface area contributed by atoms with Crippen LogP contribution in [0.15, 0.2) is 0 Å². The highest BCUT2D eigenvalue weighted by atomic mass is 16.3. The van der Waals surface area contributed by atoms with E-state index in [2.05, 4.69) is 13.8 Å². The molecular weight excluding hydrogens is 284 g/mol. The first-order chi connectivity index (χ1) is 10.9. The number of fused-ring (bicyclic) bond motifs is 5. The summed E-state index contributed by atoms with van der Waals surface area (Å²) in [5, 5.41) is 21.0. The molecule has 0 aromatic heterocycles. The van der Waals surface area contributed by atoms with E-state index in [0.717, 1.165) is 24.2 Å². The molecule has 4 saturated carbocycles. The fraction of sp³-hybridized carbons (Fsp3) is 1.00. The predicted octanol–water partition coefficient (Wildman–Crippen LogP) is 4.39. The Balaban J connectivity index is 1.64. The van der Waals surface area contributed by atoms with Crippen LogP contribution in [0.4, 0.5) is 0 Å². The second-order valence-electron chi connectivity index (χ2n) is 10.0. The van der Waals surface area contributed by atoms with Gasteiger partial charge in [-0.1, -0.05) is 26.7 Å². The lowest BCUT2D eigenvalue weighted by Gasteiger charge is -2.60. The summed E-state index contributed by atoms with van der Waals surface area (Å²) in [6.07, 6.45) is 11.4. The van der Waals surface area contributed by atoms with Crippen LogP contribution in [0.25, 0.3) is 0 Å². The Morgan fingerprint density at radius 3 is 2.43 bits per heavy atom. The van der Waals surface area contributed by atoms with Crippen molar-refractivity contribution >= 4 is 0 Å². The number of aliphatic hydroxyl groups excluding tert-OH is 2. The Hall–Kier alpha value is -0.0800. The van der Waals surface area contributed by atoms with Gasteiger partial charge in [-0.3, -0.25) is 0 Å². The summed E-state index contributed by atoms with van der Waals surface area (Å²) in [6, 6.07) is 0. The van der Waals surface area contributed by atoms with Gasteiger partial charge in [-0.25, -0.2) is 0 Å². The van der Waals surface area contributed by atoms with Crippen LogP contribution in [0.3, 0.4) is 0 Å². The summed E-state index contributed by atoms with van der Waals surface area (Å²) in [5.74, 6) is 3.35. The Morgan fingerprint density at radius 2 is 1.70 bits per heavy atom. The molecule has 0 aromatic carbocycles. The maximum Gasteiger partial charge on any atom is 0.0601 e. The molecule has 9 atom stereocenters. The van der Waals surface area contributed by atoms with Gasteiger partial charge in [0.05, 0.1) is 12.2 Å². The molecule has 4 aliphatic rings. The SMILES string of the molecule is C[C@H](O)[C@@H]1[C@H](O)C[C@@H]2[C@@H]3CC[C@H]4CCCC[C@]4(C)[C@@H]3CC[C@@]12C. The van der Waals surface area contributed by atoms with Crippen LogP contribution in [-0.2, 0) is 0 Å². The molecule has 4 rings (SSSR count). The molecule has 2 nitrogen and oxygen atoms in total. The van der Waals surface area contributed by atoms with Crippen LogP contribution >= 0.6 is 0 Å². The van der Waals surface area contributed by atoms with Crippen LogP contribution in [0, 0.1) is 40.4 Å². The number of rotatable bonds is 1. The summed E-state index contributed by atoms with van der Waals surface area (Å²) in [7, 11) is 0. The van der Waals surface area contributed by atoms with Crippen LogP contribution in [0.5, 0.6) is 0 Å². The van der Waals surface area contributed by atoms with E-state index in [-0.39, 0.29) is 23.5 Å². The highest BCUT2D eigenvalue weighted by molar-refractivity contribution is 5.11. The highest BCUT2D eigenvalue weighted by Crippen LogP contribution is 2.67. The van der Waals surface area contributed by atoms with Crippen LogP contribution in [0.1, 0.15) is 78.6 Å². The van der Waals surface area contributed by atoms with Crippen molar-refractivity contribution in [3.05, 3.63) is 0 Å². The fourth-order valence-corrected chi connectivity index (χ4v) is 8.22. The average molecular weight is 321 g/mol. The lowest BCUT2D eigenvalue weighted by molar-refractivity contribution is -0.120. The Labute approximate surface area is 142 Å². The second-order valence-corrected chi connectivity index (χ2v) is 10.0. The Kier molecular flexibility index (Phi) is 3.89. The smallest absolute Gasteiger partial charge is 0.0601 e. The first-order valence-electron chi connectivity index (χ1n) is 10.2. The van der Waals surface area contributed by atoms with E-state index in [1.807, 2.05) is 6.92 Å². The lowest BCUT2D eigenvalue weighted by Crippen LogP contribution is -2.53. The molecule has 0 saturated heterocycles. The highest BCUT2D eigenvalue weighted by Gasteiger charge is 2.62. The van der Waals surface area contributed by atoms with E-state index in [1.165, 1.54) is 51.4 Å². The summed E-state index contributed by atoms with van der Waals surface area (Å²) >= 11 is 0. The Morgan fingerprint density at radius 1 is 0.913 bits per heavy atom. The van der Waals surface area contributed by atoms with Crippen molar-refractivity contribution in [2.75, 3.05) is 0 Å². The zero-order chi connectivity index (χ0) is 16.4. The monoisotopic (exact) mass is 320 g/mol. The summed E-state index contributed by atoms with van der Waals surface area (Å²) < 4.78 is 0. The van der Waals surface area contributed by atoms with Crippen molar-refractivity contribution in [2.45, 2.75) is 90.8 Å². The molecule has 0 spiro atoms. The normalized spacial score (nSPS) is 57.3. The summed E-state index contributed by atoms with van der Waals surface area (Å²) in [4.78, 5) is 0. The van der Waals surface area contributed by atoms with Crippen molar-refractivity contribution < 1.29 is 10.2 Å². The van der Waals surface area contributed by atoms with Gasteiger partial charge < -0.3 is 10.2 Å². The van der Waals surface area contributed by atoms with Crippen LogP contribution in [0.2, 0.25) is 0 Å². The molecule has 2 heteroatoms. The van der Waals surface area contributed by atoms with Gasteiger partial charge in [0, 0.05) is 5.92 Å². The van der Waals surface area contributed by atoms with Gasteiger partial charge in [0.1, 0.15) is 0 Å². The van der Waals surface area contributed by atoms with Crippen LogP contribution < -0.4 is 0 Å². The van der Waals surface area contributed by atoms with Gasteiger partial charge in [0.15, 0.2) is 0 Å². The minimum absolute atomic E-state index is 0.0883. The minimum Gasteiger partial charge on any atom is -0.393 e. The van der Waals surface area contributed by atoms with E-state index in [4.69, 9.17) is 0 Å². The largest absolute Gasteiger partial charge is 0.393 e. The molecule has 0 aromatic rings. The van der Waals surface area contributed by atoms with Crippen molar-refractivity contribution in [3.8, 4) is 0 Å². The molecule has 0 heterocycles. The predicted molar refractivity (Wildman–Crippen MR) is 92.9 cm³/mol. The molecule has 4 fully saturated rings. The van der Waals surface area contributed by atoms with Crippen LogP contribution in [-0.4, -0.2) is 22.4 Å². The number of hydrogen-bond acceptors (Lipinski definition) is 2. The van der Waals surface area contributed by atoms with Gasteiger partial charge in [-0.05, 0) is 86.4 Å². The molecular formula is C21H36O2. The molecule has 4 aliphatic carbocycles. The van der Waals surface area contributed by atoms with Crippen molar-refractivity contribution in [2.24, 2.45) is 40.4 Å². The van der Waals surface area contributed by atoms with Crippen molar-refractivity contribution in [3.63, 3.8) is 0 Å². The maximum absolute atomic E-state index is 10.7. The quantitative estimate of drug-likeness (QED) is 0.752. The van der Waals surface area contributed by atoms with E-state index in [0.29, 0.717) is 11.3 Å². The van der Waals surface area contributed by atoms with Gasteiger partial charge in [-0.2, -0.15) is 0 Å². The standard InChI is InChI=1S/C21H36O2/c1-13(22)19-18(23)12-17-15-8-7-14-6-4-5-10-20(14,2)16(15)9-11-21(17,19)3/h13-19,22-23H,4-12H2,1-3H3/t13-,14+,15+,16+,17+,18+,19+,20-,21+/m0/s1. The third-order valence-corrected chi connectivity index (χ3v) is 9.21. The van der Waals surface area contributed by atoms with Crippen molar-refractivity contribution in [1.82, 2.24) is 0 Å².